The summed E-state index contributed by atoms with van der Waals surface area (Å²) in [6.45, 7) is -0.0244. The van der Waals surface area contributed by atoms with Gasteiger partial charge in [-0.1, -0.05) is 12.1 Å². The highest BCUT2D eigenvalue weighted by Crippen LogP contribution is 2.37. The van der Waals surface area contributed by atoms with Crippen LogP contribution in [0, 0.1) is 20.2 Å². The molecule has 1 aliphatic heterocycles. The summed E-state index contributed by atoms with van der Waals surface area (Å²) in [5.74, 6) is 0.400. The number of amides is 2. The Labute approximate surface area is 195 Å². The van der Waals surface area contributed by atoms with Gasteiger partial charge in [0, 0.05) is 24.3 Å². The average molecular weight is 481 g/mol. The quantitative estimate of drug-likeness (QED) is 0.258. The van der Waals surface area contributed by atoms with Gasteiger partial charge in [-0.25, -0.2) is 0 Å². The number of methoxy groups -OCH3 is 1. The molecule has 0 radical (unpaired) electrons. The molecule has 2 aromatic carbocycles. The molecular weight excluding hydrogens is 466 g/mol. The number of nitro groups is 2. The molecule has 0 unspecified atom stereocenters. The molecule has 11 nitrogen and oxygen atoms in total. The molecule has 0 aliphatic carbocycles. The van der Waals surface area contributed by atoms with E-state index in [2.05, 4.69) is 0 Å². The molecule has 12 heteroatoms. The van der Waals surface area contributed by atoms with Gasteiger partial charge in [-0.3, -0.25) is 34.7 Å². The average Bonchev–Trinajstić information content (AvgIpc) is 3.39. The molecule has 4 rings (SSSR count). The highest BCUT2D eigenvalue weighted by atomic mass is 32.2. The van der Waals surface area contributed by atoms with Crippen molar-refractivity contribution in [3.05, 3.63) is 91.1 Å². The lowest BCUT2D eigenvalue weighted by Gasteiger charge is -2.12. The molecule has 172 valence electrons. The number of ether oxygens (including phenoxy) is 1. The lowest BCUT2D eigenvalue weighted by Crippen LogP contribution is -2.27. The number of hydrogen-bond acceptors (Lipinski definition) is 9. The smallest absolute Gasteiger partial charge is 0.293 e. The first kappa shape index (κ1) is 22.7. The van der Waals surface area contributed by atoms with Gasteiger partial charge in [0.1, 0.15) is 17.3 Å². The van der Waals surface area contributed by atoms with E-state index < -0.39 is 21.0 Å². The molecule has 2 amide bonds. The maximum absolute atomic E-state index is 12.8. The SMILES string of the molecule is COc1cc([N+](=O)[O-])ccc1-c1ccc(/C=C2\SC(=O)N(Cc3ccc([N+](=O)[O-])cc3)C2=O)o1. The summed E-state index contributed by atoms with van der Waals surface area (Å²) < 4.78 is 11.0. The van der Waals surface area contributed by atoms with Crippen LogP contribution in [0.25, 0.3) is 17.4 Å². The molecule has 0 saturated carbocycles. The van der Waals surface area contributed by atoms with Crippen LogP contribution >= 0.6 is 11.8 Å². The van der Waals surface area contributed by atoms with Crippen molar-refractivity contribution in [2.75, 3.05) is 7.11 Å². The van der Waals surface area contributed by atoms with Crippen LogP contribution in [0.5, 0.6) is 5.75 Å². The van der Waals surface area contributed by atoms with Gasteiger partial charge in [0.15, 0.2) is 0 Å². The zero-order chi connectivity index (χ0) is 24.4. The maximum Gasteiger partial charge on any atom is 0.293 e. The van der Waals surface area contributed by atoms with Crippen LogP contribution in [-0.4, -0.2) is 33.0 Å². The van der Waals surface area contributed by atoms with Crippen LogP contribution < -0.4 is 4.74 Å². The van der Waals surface area contributed by atoms with Gasteiger partial charge in [-0.05, 0) is 35.5 Å². The van der Waals surface area contributed by atoms with Crippen LogP contribution in [0.1, 0.15) is 11.3 Å². The minimum Gasteiger partial charge on any atom is -0.496 e. The van der Waals surface area contributed by atoms with Crippen molar-refractivity contribution in [1.29, 1.82) is 0 Å². The number of benzene rings is 2. The number of non-ortho nitro benzene ring substituents is 2. The Balaban J connectivity index is 1.53. The molecule has 0 atom stereocenters. The summed E-state index contributed by atoms with van der Waals surface area (Å²) in [6.07, 6.45) is 1.43. The Morgan fingerprint density at radius 1 is 1.00 bits per heavy atom. The number of nitro benzene ring substituents is 2. The monoisotopic (exact) mass is 481 g/mol. The molecule has 2 heterocycles. The second kappa shape index (κ2) is 9.19. The van der Waals surface area contributed by atoms with Crippen LogP contribution in [0.3, 0.4) is 0 Å². The Bertz CT molecular complexity index is 1350. The van der Waals surface area contributed by atoms with Gasteiger partial charge >= 0.3 is 0 Å². The predicted molar refractivity (Wildman–Crippen MR) is 122 cm³/mol. The summed E-state index contributed by atoms with van der Waals surface area (Å²) in [5.41, 5.74) is 0.837. The zero-order valence-corrected chi connectivity index (χ0v) is 18.3. The fraction of sp³-hybridized carbons (Fsp3) is 0.0909. The molecule has 1 aromatic heterocycles. The van der Waals surface area contributed by atoms with Crippen LogP contribution in [0.4, 0.5) is 16.2 Å². The van der Waals surface area contributed by atoms with Crippen molar-refractivity contribution >= 4 is 40.4 Å². The van der Waals surface area contributed by atoms with E-state index >= 15 is 0 Å². The number of furan rings is 1. The van der Waals surface area contributed by atoms with E-state index in [0.29, 0.717) is 22.6 Å². The lowest BCUT2D eigenvalue weighted by molar-refractivity contribution is -0.385. The molecule has 3 aromatic rings. The zero-order valence-electron chi connectivity index (χ0n) is 17.5. The van der Waals surface area contributed by atoms with Crippen molar-refractivity contribution < 1.29 is 28.6 Å². The van der Waals surface area contributed by atoms with Crippen LogP contribution in [-0.2, 0) is 11.3 Å². The van der Waals surface area contributed by atoms with E-state index in [-0.39, 0.29) is 28.6 Å². The van der Waals surface area contributed by atoms with Gasteiger partial charge in [-0.2, -0.15) is 0 Å². The molecule has 1 fully saturated rings. The number of imide groups is 1. The number of rotatable bonds is 7. The van der Waals surface area contributed by atoms with Gasteiger partial charge in [0.2, 0.25) is 0 Å². The molecule has 0 N–H and O–H groups in total. The highest BCUT2D eigenvalue weighted by molar-refractivity contribution is 8.18. The number of carbonyl (C=O) groups is 2. The third-order valence-electron chi connectivity index (χ3n) is 4.92. The fourth-order valence-corrected chi connectivity index (χ4v) is 4.06. The van der Waals surface area contributed by atoms with E-state index in [0.717, 1.165) is 16.7 Å². The molecule has 1 saturated heterocycles. The van der Waals surface area contributed by atoms with Crippen molar-refractivity contribution in [3.8, 4) is 17.1 Å². The summed E-state index contributed by atoms with van der Waals surface area (Å²) in [6, 6.07) is 12.9. The second-order valence-corrected chi connectivity index (χ2v) is 8.03. The van der Waals surface area contributed by atoms with Crippen molar-refractivity contribution in [1.82, 2.24) is 4.90 Å². The highest BCUT2D eigenvalue weighted by Gasteiger charge is 2.35. The Morgan fingerprint density at radius 2 is 1.68 bits per heavy atom. The van der Waals surface area contributed by atoms with Crippen LogP contribution in [0.2, 0.25) is 0 Å². The van der Waals surface area contributed by atoms with E-state index in [1.54, 1.807) is 12.1 Å². The van der Waals surface area contributed by atoms with Gasteiger partial charge < -0.3 is 9.15 Å². The normalized spacial score (nSPS) is 14.6. The van der Waals surface area contributed by atoms with E-state index in [4.69, 9.17) is 9.15 Å². The number of hydrogen-bond donors (Lipinski definition) is 0. The third-order valence-corrected chi connectivity index (χ3v) is 5.83. The Morgan fingerprint density at radius 3 is 2.32 bits per heavy atom. The third kappa shape index (κ3) is 4.52. The topological polar surface area (TPSA) is 146 Å². The molecular formula is C22H15N3O8S. The van der Waals surface area contributed by atoms with Crippen LogP contribution in [0.15, 0.2) is 63.9 Å². The molecule has 0 bridgehead atoms. The summed E-state index contributed by atoms with van der Waals surface area (Å²) in [7, 11) is 1.38. The minimum atomic E-state index is -0.535. The van der Waals surface area contributed by atoms with Gasteiger partial charge in [-0.15, -0.1) is 0 Å². The fourth-order valence-electron chi connectivity index (χ4n) is 3.24. The Hall–Kier alpha value is -4.45. The first-order chi connectivity index (χ1) is 16.3. The second-order valence-electron chi connectivity index (χ2n) is 7.04. The lowest BCUT2D eigenvalue weighted by atomic mass is 10.1. The number of nitrogens with zero attached hydrogens (tertiary/aromatic N) is 3. The minimum absolute atomic E-state index is 0.0244. The van der Waals surface area contributed by atoms with Gasteiger partial charge in [0.05, 0.1) is 40.0 Å². The standard InChI is InChI=1S/C22H15N3O8S/c1-32-19-10-15(25(30)31)6-8-17(19)18-9-7-16(33-18)11-20-21(26)23(22(27)34-20)12-13-2-4-14(5-3-13)24(28)29/h2-11H,12H2,1H3/b20-11-. The van der Waals surface area contributed by atoms with E-state index in [9.17, 15) is 29.8 Å². The van der Waals surface area contributed by atoms with Crippen molar-refractivity contribution in [2.24, 2.45) is 0 Å². The maximum atomic E-state index is 12.8. The first-order valence-corrected chi connectivity index (χ1v) is 10.5. The number of carbonyl (C=O) groups excluding carboxylic acids is 2. The van der Waals surface area contributed by atoms with Crippen molar-refractivity contribution in [3.63, 3.8) is 0 Å². The largest absolute Gasteiger partial charge is 0.496 e. The Kier molecular flexibility index (Phi) is 6.15. The number of thioether (sulfide) groups is 1. The molecule has 34 heavy (non-hydrogen) atoms. The van der Waals surface area contributed by atoms with E-state index in [1.807, 2.05) is 0 Å². The van der Waals surface area contributed by atoms with Gasteiger partial charge in [0.25, 0.3) is 22.5 Å². The first-order valence-electron chi connectivity index (χ1n) is 9.68. The van der Waals surface area contributed by atoms with E-state index in [1.165, 1.54) is 55.7 Å². The predicted octanol–water partition coefficient (Wildman–Crippen LogP) is 5.01. The summed E-state index contributed by atoms with van der Waals surface area (Å²) in [4.78, 5) is 47.0. The molecule has 0 spiro atoms. The summed E-state index contributed by atoms with van der Waals surface area (Å²) in [5, 5.41) is 21.3. The molecule has 1 aliphatic rings. The van der Waals surface area contributed by atoms with Crippen molar-refractivity contribution in [2.45, 2.75) is 6.54 Å². The summed E-state index contributed by atoms with van der Waals surface area (Å²) >= 11 is 0.752.